The van der Waals surface area contributed by atoms with Crippen molar-refractivity contribution in [3.8, 4) is 0 Å². The van der Waals surface area contributed by atoms with Crippen molar-refractivity contribution in [1.82, 2.24) is 0 Å². The fourth-order valence-electron chi connectivity index (χ4n) is 3.38. The van der Waals surface area contributed by atoms with Crippen molar-refractivity contribution in [3.05, 3.63) is 82.0 Å². The Labute approximate surface area is 178 Å². The summed E-state index contributed by atoms with van der Waals surface area (Å²) in [4.78, 5) is 27.7. The van der Waals surface area contributed by atoms with Crippen molar-refractivity contribution in [1.29, 1.82) is 0 Å². The molecule has 0 spiro atoms. The molecule has 1 aromatic heterocycles. The first kappa shape index (κ1) is 19.7. The Hall–Kier alpha value is -2.57. The van der Waals surface area contributed by atoms with E-state index in [1.807, 2.05) is 58.8 Å². The van der Waals surface area contributed by atoms with E-state index in [9.17, 15) is 9.59 Å². The van der Waals surface area contributed by atoms with Gasteiger partial charge in [0.05, 0.1) is 12.2 Å². The van der Waals surface area contributed by atoms with Crippen molar-refractivity contribution >= 4 is 46.3 Å². The number of aryl methyl sites for hydroxylation is 1. The first-order chi connectivity index (χ1) is 14.1. The summed E-state index contributed by atoms with van der Waals surface area (Å²) in [6, 6.07) is 19.9. The molecule has 1 aliphatic heterocycles. The van der Waals surface area contributed by atoms with E-state index in [1.165, 1.54) is 5.56 Å². The third kappa shape index (κ3) is 4.54. The molecule has 2 amide bonds. The monoisotopic (exact) mass is 422 g/mol. The zero-order valence-corrected chi connectivity index (χ0v) is 17.8. The number of hydrogen-bond acceptors (Lipinski definition) is 4. The SMILES string of the molecule is CCc1cccc(N2C(=O)CS[C@H]2c2ccc(NC(=O)Cc3cccs3)cc2)c1. The summed E-state index contributed by atoms with van der Waals surface area (Å²) in [5.41, 5.74) is 3.98. The van der Waals surface area contributed by atoms with E-state index in [4.69, 9.17) is 0 Å². The van der Waals surface area contributed by atoms with E-state index >= 15 is 0 Å². The van der Waals surface area contributed by atoms with Crippen LogP contribution >= 0.6 is 23.1 Å². The molecule has 0 aliphatic carbocycles. The van der Waals surface area contributed by atoms with E-state index in [0.29, 0.717) is 12.2 Å². The Bertz CT molecular complexity index is 1000. The Morgan fingerprint density at radius 3 is 2.69 bits per heavy atom. The van der Waals surface area contributed by atoms with Crippen LogP contribution in [0.4, 0.5) is 11.4 Å². The minimum atomic E-state index is -0.0505. The maximum absolute atomic E-state index is 12.6. The topological polar surface area (TPSA) is 49.4 Å². The third-order valence-electron chi connectivity index (χ3n) is 4.86. The molecule has 0 bridgehead atoms. The van der Waals surface area contributed by atoms with Crippen LogP contribution in [-0.4, -0.2) is 17.6 Å². The minimum absolute atomic E-state index is 0.0244. The van der Waals surface area contributed by atoms with E-state index in [2.05, 4.69) is 24.4 Å². The van der Waals surface area contributed by atoms with Gasteiger partial charge in [-0.1, -0.05) is 37.3 Å². The summed E-state index contributed by atoms with van der Waals surface area (Å²) in [6.07, 6.45) is 1.32. The molecule has 4 nitrogen and oxygen atoms in total. The van der Waals surface area contributed by atoms with Crippen molar-refractivity contribution < 1.29 is 9.59 Å². The van der Waals surface area contributed by atoms with E-state index < -0.39 is 0 Å². The highest BCUT2D eigenvalue weighted by Crippen LogP contribution is 2.42. The van der Waals surface area contributed by atoms with Gasteiger partial charge in [-0.15, -0.1) is 23.1 Å². The molecule has 6 heteroatoms. The van der Waals surface area contributed by atoms with E-state index in [1.54, 1.807) is 23.1 Å². The van der Waals surface area contributed by atoms with Gasteiger partial charge in [-0.3, -0.25) is 14.5 Å². The van der Waals surface area contributed by atoms with Gasteiger partial charge < -0.3 is 5.32 Å². The molecule has 1 fully saturated rings. The molecule has 1 saturated heterocycles. The number of nitrogens with one attached hydrogen (secondary N) is 1. The van der Waals surface area contributed by atoms with Crippen LogP contribution in [0, 0.1) is 0 Å². The lowest BCUT2D eigenvalue weighted by molar-refractivity contribution is -0.116. The van der Waals surface area contributed by atoms with Crippen LogP contribution in [0.25, 0.3) is 0 Å². The number of nitrogens with zero attached hydrogens (tertiary/aromatic N) is 1. The van der Waals surface area contributed by atoms with Crippen molar-refractivity contribution in [2.24, 2.45) is 0 Å². The van der Waals surface area contributed by atoms with Gasteiger partial charge in [0.15, 0.2) is 0 Å². The number of anilines is 2. The molecule has 2 aromatic carbocycles. The average Bonchev–Trinajstić information content (AvgIpc) is 3.38. The normalized spacial score (nSPS) is 16.2. The largest absolute Gasteiger partial charge is 0.326 e. The van der Waals surface area contributed by atoms with Crippen molar-refractivity contribution in [3.63, 3.8) is 0 Å². The Balaban J connectivity index is 1.48. The van der Waals surface area contributed by atoms with Crippen LogP contribution < -0.4 is 10.2 Å². The molecule has 2 heterocycles. The third-order valence-corrected chi connectivity index (χ3v) is 6.95. The van der Waals surface area contributed by atoms with Crippen LogP contribution in [0.1, 0.15) is 28.3 Å². The van der Waals surface area contributed by atoms with Gasteiger partial charge in [0.2, 0.25) is 11.8 Å². The number of carbonyl (C=O) groups excluding carboxylic acids is 2. The second-order valence-corrected chi connectivity index (χ2v) is 8.98. The second kappa shape index (κ2) is 8.84. The van der Waals surface area contributed by atoms with Gasteiger partial charge in [0, 0.05) is 16.3 Å². The lowest BCUT2D eigenvalue weighted by Crippen LogP contribution is -2.27. The standard InChI is InChI=1S/C23H22N2O2S2/c1-2-16-5-3-6-19(13-16)25-22(27)15-29-23(25)17-8-10-18(11-9-17)24-21(26)14-20-7-4-12-28-20/h3-13,23H,2,14-15H2,1H3,(H,24,26)/t23-/m0/s1. The maximum atomic E-state index is 12.6. The molecule has 0 unspecified atom stereocenters. The number of rotatable bonds is 6. The van der Waals surface area contributed by atoms with Crippen molar-refractivity contribution in [2.75, 3.05) is 16.0 Å². The van der Waals surface area contributed by atoms with Crippen LogP contribution in [0.15, 0.2) is 66.0 Å². The maximum Gasteiger partial charge on any atom is 0.238 e. The molecule has 1 atom stereocenters. The summed E-state index contributed by atoms with van der Waals surface area (Å²) in [6.45, 7) is 2.11. The summed E-state index contributed by atoms with van der Waals surface area (Å²) in [5, 5.41) is 4.87. The van der Waals surface area contributed by atoms with Crippen LogP contribution in [0.2, 0.25) is 0 Å². The average molecular weight is 423 g/mol. The van der Waals surface area contributed by atoms with Gasteiger partial charge >= 0.3 is 0 Å². The fourth-order valence-corrected chi connectivity index (χ4v) is 5.26. The first-order valence-corrected chi connectivity index (χ1v) is 11.5. The summed E-state index contributed by atoms with van der Waals surface area (Å²) >= 11 is 3.21. The zero-order chi connectivity index (χ0) is 20.2. The molecular weight excluding hydrogens is 400 g/mol. The molecular formula is C23H22N2O2S2. The molecule has 1 aliphatic rings. The fraction of sp³-hybridized carbons (Fsp3) is 0.217. The van der Waals surface area contributed by atoms with E-state index in [0.717, 1.165) is 28.2 Å². The lowest BCUT2D eigenvalue weighted by atomic mass is 10.1. The summed E-state index contributed by atoms with van der Waals surface area (Å²) in [5.74, 6) is 0.575. The number of amides is 2. The van der Waals surface area contributed by atoms with Gasteiger partial charge in [-0.05, 0) is 53.3 Å². The zero-order valence-electron chi connectivity index (χ0n) is 16.1. The smallest absolute Gasteiger partial charge is 0.238 e. The quantitative estimate of drug-likeness (QED) is 0.589. The van der Waals surface area contributed by atoms with Crippen LogP contribution in [0.5, 0.6) is 0 Å². The van der Waals surface area contributed by atoms with Gasteiger partial charge in [0.1, 0.15) is 5.37 Å². The highest BCUT2D eigenvalue weighted by molar-refractivity contribution is 8.00. The predicted octanol–water partition coefficient (Wildman–Crippen LogP) is 5.27. The van der Waals surface area contributed by atoms with Gasteiger partial charge in [-0.2, -0.15) is 0 Å². The number of carbonyl (C=O) groups is 2. The summed E-state index contributed by atoms with van der Waals surface area (Å²) < 4.78 is 0. The highest BCUT2D eigenvalue weighted by Gasteiger charge is 2.34. The number of thiophene rings is 1. The minimum Gasteiger partial charge on any atom is -0.326 e. The Kier molecular flexibility index (Phi) is 6.02. The lowest BCUT2D eigenvalue weighted by Gasteiger charge is -2.25. The number of hydrogen-bond donors (Lipinski definition) is 1. The van der Waals surface area contributed by atoms with Gasteiger partial charge in [-0.25, -0.2) is 0 Å². The van der Waals surface area contributed by atoms with Crippen molar-refractivity contribution in [2.45, 2.75) is 25.1 Å². The molecule has 29 heavy (non-hydrogen) atoms. The van der Waals surface area contributed by atoms with Gasteiger partial charge in [0.25, 0.3) is 0 Å². The second-order valence-electron chi connectivity index (χ2n) is 6.88. The molecule has 0 saturated carbocycles. The molecule has 148 valence electrons. The Morgan fingerprint density at radius 1 is 1.14 bits per heavy atom. The number of thioether (sulfide) groups is 1. The van der Waals surface area contributed by atoms with E-state index in [-0.39, 0.29) is 17.2 Å². The molecule has 3 aromatic rings. The molecule has 1 N–H and O–H groups in total. The Morgan fingerprint density at radius 2 is 1.97 bits per heavy atom. The molecule has 0 radical (unpaired) electrons. The van der Waals surface area contributed by atoms with Crippen LogP contribution in [0.3, 0.4) is 0 Å². The predicted molar refractivity (Wildman–Crippen MR) is 122 cm³/mol. The summed E-state index contributed by atoms with van der Waals surface area (Å²) in [7, 11) is 0. The molecule has 4 rings (SSSR count). The highest BCUT2D eigenvalue weighted by atomic mass is 32.2. The number of benzene rings is 2. The van der Waals surface area contributed by atoms with Crippen LogP contribution in [-0.2, 0) is 22.4 Å². The first-order valence-electron chi connectivity index (χ1n) is 9.59.